The number of carbonyl (C=O) groups is 2. The first-order valence-electron chi connectivity index (χ1n) is 16.1. The molecule has 0 aromatic heterocycles. The molecular formula is C39H48O10. The standard InChI is InChI=1S/C38H44O10.CH4/c1-4-37(39)43-26-12-7-6-10-24-41-32-16-14-31(15-17-32)38(40)48-35-22-23-36(30(3)28-35)45-29-44-34-20-18-33(19-21-34)42-25-11-8-9-13-27-47-46-5-2;/h2,4,14-23,28H,1,6-13,24-27,29H2,3H3;1H4. The topological polar surface area (TPSA) is 108 Å². The second-order valence-corrected chi connectivity index (χ2v) is 10.6. The van der Waals surface area contributed by atoms with Crippen LogP contribution in [0.4, 0.5) is 0 Å². The van der Waals surface area contributed by atoms with Gasteiger partial charge in [0.25, 0.3) is 0 Å². The van der Waals surface area contributed by atoms with Crippen molar-refractivity contribution in [2.24, 2.45) is 0 Å². The van der Waals surface area contributed by atoms with E-state index in [0.717, 1.165) is 68.8 Å². The quantitative estimate of drug-likeness (QED) is 0.0134. The maximum atomic E-state index is 12.7. The Morgan fingerprint density at radius 1 is 0.694 bits per heavy atom. The number of benzene rings is 3. The average Bonchev–Trinajstić information content (AvgIpc) is 3.10. The summed E-state index contributed by atoms with van der Waals surface area (Å²) in [6, 6.07) is 19.3. The normalized spacial score (nSPS) is 10.1. The lowest BCUT2D eigenvalue weighted by Gasteiger charge is -2.12. The maximum absolute atomic E-state index is 12.7. The molecule has 0 saturated heterocycles. The van der Waals surface area contributed by atoms with E-state index in [-0.39, 0.29) is 14.2 Å². The molecule has 0 aliphatic carbocycles. The van der Waals surface area contributed by atoms with Gasteiger partial charge < -0.3 is 28.4 Å². The highest BCUT2D eigenvalue weighted by molar-refractivity contribution is 5.91. The number of esters is 2. The third kappa shape index (κ3) is 16.5. The van der Waals surface area contributed by atoms with E-state index in [2.05, 4.69) is 11.5 Å². The van der Waals surface area contributed by atoms with Gasteiger partial charge >= 0.3 is 11.9 Å². The third-order valence-corrected chi connectivity index (χ3v) is 6.93. The summed E-state index contributed by atoms with van der Waals surface area (Å²) in [5.74, 6) is 2.24. The molecule has 3 rings (SSSR count). The zero-order valence-electron chi connectivity index (χ0n) is 27.5. The Hall–Kier alpha value is -5.14. The number of ether oxygens (including phenoxy) is 6. The minimum Gasteiger partial charge on any atom is -0.494 e. The van der Waals surface area contributed by atoms with E-state index in [1.165, 1.54) is 0 Å². The van der Waals surface area contributed by atoms with E-state index >= 15 is 0 Å². The molecule has 264 valence electrons. The van der Waals surface area contributed by atoms with E-state index in [1.54, 1.807) is 42.5 Å². The highest BCUT2D eigenvalue weighted by atomic mass is 17.2. The molecule has 0 atom stereocenters. The van der Waals surface area contributed by atoms with Gasteiger partial charge in [-0.15, -0.1) is 0 Å². The minimum absolute atomic E-state index is 0. The number of terminal acetylenes is 1. The summed E-state index contributed by atoms with van der Waals surface area (Å²) < 4.78 is 33.6. The van der Waals surface area contributed by atoms with Gasteiger partial charge in [0.15, 0.2) is 6.11 Å². The molecule has 0 saturated carbocycles. The molecule has 3 aromatic rings. The van der Waals surface area contributed by atoms with Crippen molar-refractivity contribution >= 4 is 11.9 Å². The zero-order chi connectivity index (χ0) is 34.2. The summed E-state index contributed by atoms with van der Waals surface area (Å²) in [5, 5.41) is 0. The van der Waals surface area contributed by atoms with Gasteiger partial charge in [-0.3, -0.25) is 4.89 Å². The van der Waals surface area contributed by atoms with Crippen LogP contribution in [-0.2, 0) is 19.3 Å². The lowest BCUT2D eigenvalue weighted by molar-refractivity contribution is -0.236. The van der Waals surface area contributed by atoms with Crippen LogP contribution in [0.3, 0.4) is 0 Å². The van der Waals surface area contributed by atoms with Crippen LogP contribution in [0.1, 0.15) is 74.7 Å². The molecule has 0 spiro atoms. The van der Waals surface area contributed by atoms with Crippen molar-refractivity contribution in [3.8, 4) is 41.3 Å². The van der Waals surface area contributed by atoms with Crippen LogP contribution in [-0.4, -0.2) is 45.2 Å². The summed E-state index contributed by atoms with van der Waals surface area (Å²) in [5.41, 5.74) is 1.20. The van der Waals surface area contributed by atoms with Crippen molar-refractivity contribution in [1.82, 2.24) is 0 Å². The minimum atomic E-state index is -0.472. The second-order valence-electron chi connectivity index (χ2n) is 10.6. The fourth-order valence-corrected chi connectivity index (χ4v) is 4.36. The van der Waals surface area contributed by atoms with Crippen molar-refractivity contribution in [3.63, 3.8) is 0 Å². The second kappa shape index (κ2) is 24.1. The molecule has 0 aliphatic rings. The Labute approximate surface area is 290 Å². The summed E-state index contributed by atoms with van der Waals surface area (Å²) in [6.07, 6.45) is 15.5. The highest BCUT2D eigenvalue weighted by Gasteiger charge is 2.11. The first-order valence-corrected chi connectivity index (χ1v) is 16.1. The Bertz CT molecular complexity index is 1430. The summed E-state index contributed by atoms with van der Waals surface area (Å²) in [6.45, 7) is 7.30. The molecule has 0 N–H and O–H groups in total. The largest absolute Gasteiger partial charge is 0.494 e. The lowest BCUT2D eigenvalue weighted by Crippen LogP contribution is -2.09. The number of rotatable bonds is 24. The van der Waals surface area contributed by atoms with Gasteiger partial charge in [-0.2, -0.15) is 4.89 Å². The fraction of sp³-hybridized carbons (Fsp3) is 0.385. The van der Waals surface area contributed by atoms with Crippen LogP contribution in [0.15, 0.2) is 79.4 Å². The van der Waals surface area contributed by atoms with E-state index in [1.807, 2.05) is 37.3 Å². The Morgan fingerprint density at radius 3 is 1.80 bits per heavy atom. The van der Waals surface area contributed by atoms with Crippen LogP contribution in [0.5, 0.6) is 28.7 Å². The van der Waals surface area contributed by atoms with Gasteiger partial charge in [-0.25, -0.2) is 9.59 Å². The number of hydrogen-bond acceptors (Lipinski definition) is 10. The molecule has 0 heterocycles. The number of hydrogen-bond donors (Lipinski definition) is 0. The van der Waals surface area contributed by atoms with Crippen molar-refractivity contribution in [1.29, 1.82) is 0 Å². The van der Waals surface area contributed by atoms with Gasteiger partial charge in [0.05, 0.1) is 32.0 Å². The third-order valence-electron chi connectivity index (χ3n) is 6.93. The molecule has 10 heteroatoms. The van der Waals surface area contributed by atoms with Crippen molar-refractivity contribution in [2.45, 2.75) is 65.7 Å². The molecule has 0 bridgehead atoms. The number of aryl methyl sites for hydroxylation is 1. The van der Waals surface area contributed by atoms with E-state index in [9.17, 15) is 9.59 Å². The molecule has 49 heavy (non-hydrogen) atoms. The van der Waals surface area contributed by atoms with Crippen LogP contribution in [0.2, 0.25) is 0 Å². The lowest BCUT2D eigenvalue weighted by atomic mass is 10.2. The molecule has 0 aliphatic heterocycles. The predicted octanol–water partition coefficient (Wildman–Crippen LogP) is 8.41. The first-order chi connectivity index (χ1) is 23.5. The van der Waals surface area contributed by atoms with Crippen LogP contribution >= 0.6 is 0 Å². The molecule has 0 unspecified atom stereocenters. The van der Waals surface area contributed by atoms with Gasteiger partial charge in [0.2, 0.25) is 6.79 Å². The predicted molar refractivity (Wildman–Crippen MR) is 187 cm³/mol. The molecule has 0 fully saturated rings. The number of unbranched alkanes of at least 4 members (excludes halogenated alkanes) is 6. The van der Waals surface area contributed by atoms with E-state index < -0.39 is 11.9 Å². The Morgan fingerprint density at radius 2 is 1.22 bits per heavy atom. The van der Waals surface area contributed by atoms with Crippen LogP contribution < -0.4 is 23.7 Å². The van der Waals surface area contributed by atoms with Crippen molar-refractivity contribution < 1.29 is 47.8 Å². The van der Waals surface area contributed by atoms with Gasteiger partial charge in [-0.1, -0.05) is 26.8 Å². The number of carbonyl (C=O) groups excluding carboxylic acids is 2. The first kappa shape index (κ1) is 40.0. The van der Waals surface area contributed by atoms with Gasteiger partial charge in [0.1, 0.15) is 28.7 Å². The molecular weight excluding hydrogens is 628 g/mol. The zero-order valence-corrected chi connectivity index (χ0v) is 27.5. The van der Waals surface area contributed by atoms with E-state index in [4.69, 9.17) is 39.7 Å². The van der Waals surface area contributed by atoms with Crippen LogP contribution in [0.25, 0.3) is 0 Å². The Balaban J connectivity index is 0.00000833. The van der Waals surface area contributed by atoms with Crippen molar-refractivity contribution in [2.75, 3.05) is 33.2 Å². The molecule has 3 aromatic carbocycles. The van der Waals surface area contributed by atoms with Gasteiger partial charge in [0, 0.05) is 6.08 Å². The SMILES string of the molecule is C.C#COOCCCCCCOc1ccc(OCOc2ccc(OC(=O)c3ccc(OCCCCCCOC(=O)C=C)cc3)cc2C)cc1. The highest BCUT2D eigenvalue weighted by Crippen LogP contribution is 2.25. The maximum Gasteiger partial charge on any atom is 0.343 e. The average molecular weight is 677 g/mol. The summed E-state index contributed by atoms with van der Waals surface area (Å²) >= 11 is 0. The molecule has 10 nitrogen and oxygen atoms in total. The Kier molecular flexibility index (Phi) is 19.7. The summed E-state index contributed by atoms with van der Waals surface area (Å²) in [4.78, 5) is 32.9. The smallest absolute Gasteiger partial charge is 0.343 e. The van der Waals surface area contributed by atoms with Gasteiger partial charge in [-0.05, 0) is 124 Å². The van der Waals surface area contributed by atoms with E-state index in [0.29, 0.717) is 55.0 Å². The monoisotopic (exact) mass is 676 g/mol. The molecule has 0 amide bonds. The molecule has 0 radical (unpaired) electrons. The summed E-state index contributed by atoms with van der Waals surface area (Å²) in [7, 11) is 0. The van der Waals surface area contributed by atoms with Crippen LogP contribution in [0, 0.1) is 19.5 Å². The van der Waals surface area contributed by atoms with Crippen molar-refractivity contribution in [3.05, 3.63) is 90.5 Å². The fourth-order valence-electron chi connectivity index (χ4n) is 4.36.